The average Bonchev–Trinajstić information content (AvgIpc) is 2.86. The molecule has 11 heteroatoms. The first-order valence-corrected chi connectivity index (χ1v) is 11.8. The number of rotatable bonds is 7. The van der Waals surface area contributed by atoms with E-state index in [2.05, 4.69) is 5.32 Å². The van der Waals surface area contributed by atoms with Gasteiger partial charge in [0.25, 0.3) is 0 Å². The van der Waals surface area contributed by atoms with Gasteiger partial charge in [-0.15, -0.1) is 0 Å². The van der Waals surface area contributed by atoms with Crippen LogP contribution in [-0.4, -0.2) is 43.0 Å². The number of ether oxygens (including phenoxy) is 1. The second-order valence-electron chi connectivity index (χ2n) is 8.97. The highest BCUT2D eigenvalue weighted by atomic mass is 19.4. The van der Waals surface area contributed by atoms with Gasteiger partial charge >= 0.3 is 12.4 Å². The molecule has 0 unspecified atom stereocenters. The summed E-state index contributed by atoms with van der Waals surface area (Å²) >= 11 is 0. The topological polar surface area (TPSA) is 58.6 Å². The lowest BCUT2D eigenvalue weighted by molar-refractivity contribution is -0.143. The van der Waals surface area contributed by atoms with Gasteiger partial charge < -0.3 is 15.0 Å². The molecule has 1 heterocycles. The standard InChI is InChI=1S/C26H28F6N2O3/c1-16(18-12-19(25(27,28)29)14-20(13-18)26(30,31)32)37-22-10-11-34(24(36)9-8-23(35)33-2)15-21(22)17-6-4-3-5-7-17/h3-7,12-14,16,21-22H,8-11,15H2,1-2H3,(H,33,35)/t16-,21+,22+/m1/s1. The van der Waals surface area contributed by atoms with Crippen LogP contribution in [0.2, 0.25) is 0 Å². The van der Waals surface area contributed by atoms with Crippen molar-refractivity contribution < 1.29 is 40.7 Å². The predicted octanol–water partition coefficient (Wildman–Crippen LogP) is 5.71. The molecule has 0 spiro atoms. The van der Waals surface area contributed by atoms with E-state index in [1.54, 1.807) is 23.1 Å². The van der Waals surface area contributed by atoms with E-state index in [0.29, 0.717) is 18.6 Å². The van der Waals surface area contributed by atoms with Gasteiger partial charge in [-0.1, -0.05) is 30.3 Å². The molecule has 2 aromatic rings. The lowest BCUT2D eigenvalue weighted by Crippen LogP contribution is -2.46. The number of nitrogens with zero attached hydrogens (tertiary/aromatic N) is 1. The van der Waals surface area contributed by atoms with Gasteiger partial charge in [-0.25, -0.2) is 0 Å². The Hall–Kier alpha value is -3.08. The normalized spacial score (nSPS) is 19.4. The first-order chi connectivity index (χ1) is 17.3. The molecule has 5 nitrogen and oxygen atoms in total. The van der Waals surface area contributed by atoms with Crippen LogP contribution in [0.3, 0.4) is 0 Å². The van der Waals surface area contributed by atoms with Gasteiger partial charge in [0.2, 0.25) is 11.8 Å². The van der Waals surface area contributed by atoms with Gasteiger partial charge in [-0.2, -0.15) is 26.3 Å². The SMILES string of the molecule is CNC(=O)CCC(=O)N1CC[C@H](O[C@H](C)c2cc(C(F)(F)F)cc(C(F)(F)F)c2)[C@H](c2ccccc2)C1. The highest BCUT2D eigenvalue weighted by Crippen LogP contribution is 2.39. The summed E-state index contributed by atoms with van der Waals surface area (Å²) < 4.78 is 86.0. The van der Waals surface area contributed by atoms with Gasteiger partial charge in [-0.3, -0.25) is 9.59 Å². The van der Waals surface area contributed by atoms with Crippen molar-refractivity contribution in [3.05, 3.63) is 70.8 Å². The van der Waals surface area contributed by atoms with Gasteiger partial charge in [0, 0.05) is 38.9 Å². The Kier molecular flexibility index (Phi) is 8.88. The Balaban J connectivity index is 1.84. The molecule has 3 rings (SSSR count). The van der Waals surface area contributed by atoms with E-state index < -0.39 is 35.7 Å². The molecule has 0 saturated carbocycles. The monoisotopic (exact) mass is 530 g/mol. The summed E-state index contributed by atoms with van der Waals surface area (Å²) in [6, 6.07) is 10.5. The van der Waals surface area contributed by atoms with Crippen molar-refractivity contribution in [2.75, 3.05) is 20.1 Å². The van der Waals surface area contributed by atoms with Gasteiger partial charge in [0.05, 0.1) is 23.3 Å². The number of hydrogen-bond donors (Lipinski definition) is 1. The molecule has 1 saturated heterocycles. The summed E-state index contributed by atoms with van der Waals surface area (Å²) in [5, 5.41) is 2.46. The number of benzene rings is 2. The minimum atomic E-state index is -4.96. The number of carbonyl (C=O) groups excluding carboxylic acids is 2. The minimum Gasteiger partial charge on any atom is -0.370 e. The number of nitrogens with one attached hydrogen (secondary N) is 1. The van der Waals surface area contributed by atoms with Gasteiger partial charge in [0.15, 0.2) is 0 Å². The lowest BCUT2D eigenvalue weighted by atomic mass is 9.87. The number of halogens is 6. The third kappa shape index (κ3) is 7.47. The van der Waals surface area contributed by atoms with Crippen molar-refractivity contribution >= 4 is 11.8 Å². The number of piperidine rings is 1. The molecular weight excluding hydrogens is 502 g/mol. The summed E-state index contributed by atoms with van der Waals surface area (Å²) in [5.74, 6) is -0.850. The maximum atomic E-state index is 13.3. The summed E-state index contributed by atoms with van der Waals surface area (Å²) in [6.45, 7) is 1.94. The highest BCUT2D eigenvalue weighted by molar-refractivity contribution is 5.83. The zero-order chi connectivity index (χ0) is 27.4. The first kappa shape index (κ1) is 28.5. The van der Waals surface area contributed by atoms with Crippen LogP contribution in [0.1, 0.15) is 60.5 Å². The minimum absolute atomic E-state index is 0.0214. The number of alkyl halides is 6. The number of hydrogen-bond acceptors (Lipinski definition) is 3. The molecule has 2 aromatic carbocycles. The molecule has 202 valence electrons. The van der Waals surface area contributed by atoms with E-state index in [1.807, 2.05) is 12.1 Å². The molecule has 0 aromatic heterocycles. The van der Waals surface area contributed by atoms with Crippen LogP contribution < -0.4 is 5.32 Å². The van der Waals surface area contributed by atoms with E-state index in [0.717, 1.165) is 5.56 Å². The van der Waals surface area contributed by atoms with Gasteiger partial charge in [0.1, 0.15) is 0 Å². The van der Waals surface area contributed by atoms with Crippen molar-refractivity contribution in [1.82, 2.24) is 10.2 Å². The second kappa shape index (κ2) is 11.5. The van der Waals surface area contributed by atoms with Crippen LogP contribution in [0.5, 0.6) is 0 Å². The van der Waals surface area contributed by atoms with E-state index in [4.69, 9.17) is 4.74 Å². The van der Waals surface area contributed by atoms with Crippen molar-refractivity contribution in [1.29, 1.82) is 0 Å². The third-order valence-electron chi connectivity index (χ3n) is 6.43. The fourth-order valence-electron chi connectivity index (χ4n) is 4.40. The van der Waals surface area contributed by atoms with Crippen LogP contribution in [0, 0.1) is 0 Å². The fourth-order valence-corrected chi connectivity index (χ4v) is 4.40. The smallest absolute Gasteiger partial charge is 0.370 e. The molecule has 0 bridgehead atoms. The van der Waals surface area contributed by atoms with E-state index in [1.165, 1.54) is 14.0 Å². The molecule has 1 aliphatic rings. The summed E-state index contributed by atoms with van der Waals surface area (Å²) in [7, 11) is 1.48. The van der Waals surface area contributed by atoms with E-state index in [-0.39, 0.29) is 55.3 Å². The van der Waals surface area contributed by atoms with Crippen LogP contribution in [0.4, 0.5) is 26.3 Å². The van der Waals surface area contributed by atoms with Crippen LogP contribution in [0.25, 0.3) is 0 Å². The fraction of sp³-hybridized carbons (Fsp3) is 0.462. The molecular formula is C26H28F6N2O3. The Morgan fingerprint density at radius 2 is 1.59 bits per heavy atom. The number of amides is 2. The molecule has 1 fully saturated rings. The van der Waals surface area contributed by atoms with E-state index >= 15 is 0 Å². The molecule has 0 aliphatic carbocycles. The Bertz CT molecular complexity index is 1060. The molecule has 2 amide bonds. The van der Waals surface area contributed by atoms with Crippen molar-refractivity contribution in [3.63, 3.8) is 0 Å². The predicted molar refractivity (Wildman–Crippen MR) is 123 cm³/mol. The average molecular weight is 531 g/mol. The second-order valence-corrected chi connectivity index (χ2v) is 8.97. The third-order valence-corrected chi connectivity index (χ3v) is 6.43. The number of likely N-dealkylation sites (tertiary alicyclic amines) is 1. The Morgan fingerprint density at radius 1 is 1.00 bits per heavy atom. The Labute approximate surface area is 210 Å². The maximum Gasteiger partial charge on any atom is 0.416 e. The molecule has 1 aliphatic heterocycles. The van der Waals surface area contributed by atoms with Crippen molar-refractivity contribution in [2.45, 2.75) is 56.7 Å². The number of carbonyl (C=O) groups is 2. The van der Waals surface area contributed by atoms with E-state index in [9.17, 15) is 35.9 Å². The maximum absolute atomic E-state index is 13.3. The molecule has 1 N–H and O–H groups in total. The summed E-state index contributed by atoms with van der Waals surface area (Å²) in [4.78, 5) is 25.8. The molecule has 3 atom stereocenters. The first-order valence-electron chi connectivity index (χ1n) is 11.8. The summed E-state index contributed by atoms with van der Waals surface area (Å²) in [6.07, 6.45) is -11.2. The summed E-state index contributed by atoms with van der Waals surface area (Å²) in [5.41, 5.74) is -2.21. The highest BCUT2D eigenvalue weighted by Gasteiger charge is 2.38. The molecule has 37 heavy (non-hydrogen) atoms. The molecule has 0 radical (unpaired) electrons. The zero-order valence-electron chi connectivity index (χ0n) is 20.3. The Morgan fingerprint density at radius 3 is 2.14 bits per heavy atom. The zero-order valence-corrected chi connectivity index (χ0v) is 20.3. The van der Waals surface area contributed by atoms with Crippen LogP contribution in [0.15, 0.2) is 48.5 Å². The largest absolute Gasteiger partial charge is 0.416 e. The lowest BCUT2D eigenvalue weighted by Gasteiger charge is -2.40. The quantitative estimate of drug-likeness (QED) is 0.467. The van der Waals surface area contributed by atoms with Gasteiger partial charge in [-0.05, 0) is 42.7 Å². The van der Waals surface area contributed by atoms with Crippen molar-refractivity contribution in [3.8, 4) is 0 Å². The van der Waals surface area contributed by atoms with Crippen LogP contribution >= 0.6 is 0 Å². The van der Waals surface area contributed by atoms with Crippen molar-refractivity contribution in [2.24, 2.45) is 0 Å². The van der Waals surface area contributed by atoms with Crippen LogP contribution in [-0.2, 0) is 26.7 Å².